The van der Waals surface area contributed by atoms with E-state index in [0.717, 1.165) is 32.7 Å². The van der Waals surface area contributed by atoms with Crippen LogP contribution in [0, 0.1) is 38.6 Å². The Morgan fingerprint density at radius 2 is 0.703 bits per heavy atom. The number of aromatic nitrogens is 3. The summed E-state index contributed by atoms with van der Waals surface area (Å²) in [5.74, 6) is -2.69. The summed E-state index contributed by atoms with van der Waals surface area (Å²) in [6, 6.07) is 22.0. The van der Waals surface area contributed by atoms with E-state index in [1.165, 1.54) is 18.6 Å². The molecule has 6 N–H and O–H groups in total. The number of fused-ring (bicyclic) bond motifs is 3. The molecule has 1 radical (unpaired) electrons. The fourth-order valence-electron chi connectivity index (χ4n) is 3.75. The fraction of sp³-hybridized carbons (Fsp3) is 0. The number of carbonyl (C=O) groups is 3. The van der Waals surface area contributed by atoms with Gasteiger partial charge in [-0.1, -0.05) is 54.6 Å². The van der Waals surface area contributed by atoms with Gasteiger partial charge in [-0.3, -0.25) is 0 Å². The molecule has 0 spiro atoms. The minimum absolute atomic E-state index is 0. The molecule has 189 valence electrons. The van der Waals surface area contributed by atoms with Crippen molar-refractivity contribution in [2.75, 3.05) is 0 Å². The number of hydrogen-bond acceptors (Lipinski definition) is 3. The van der Waals surface area contributed by atoms with Gasteiger partial charge in [0.05, 0.1) is 16.7 Å². The Kier molecular flexibility index (Phi) is 9.15. The van der Waals surface area contributed by atoms with Crippen LogP contribution in [0.5, 0.6) is 0 Å². The van der Waals surface area contributed by atoms with E-state index in [1.54, 1.807) is 18.2 Å². The summed E-state index contributed by atoms with van der Waals surface area (Å²) < 4.78 is 0. The molecule has 3 aromatic heterocycles. The van der Waals surface area contributed by atoms with Crippen LogP contribution in [0.4, 0.5) is 0 Å². The van der Waals surface area contributed by atoms with E-state index in [9.17, 15) is 14.4 Å². The molecule has 9 nitrogen and oxygen atoms in total. The van der Waals surface area contributed by atoms with Crippen molar-refractivity contribution in [2.24, 2.45) is 0 Å². The molecule has 0 aliphatic rings. The maximum absolute atomic E-state index is 10.7. The summed E-state index contributed by atoms with van der Waals surface area (Å²) in [7, 11) is 0. The molecule has 0 atom stereocenters. The average Bonchev–Trinajstić information content (AvgIpc) is 3.61. The summed E-state index contributed by atoms with van der Waals surface area (Å²) >= 11 is 0. The minimum atomic E-state index is -0.896. The Bertz CT molecular complexity index is 1500. The Morgan fingerprint density at radius 3 is 0.946 bits per heavy atom. The van der Waals surface area contributed by atoms with E-state index >= 15 is 0 Å². The van der Waals surface area contributed by atoms with E-state index in [2.05, 4.69) is 15.0 Å². The molecule has 0 fully saturated rings. The van der Waals surface area contributed by atoms with E-state index < -0.39 is 17.9 Å². The van der Waals surface area contributed by atoms with Gasteiger partial charge < -0.3 is 30.3 Å². The van der Waals surface area contributed by atoms with Crippen LogP contribution in [0.3, 0.4) is 0 Å². The maximum atomic E-state index is 10.7. The van der Waals surface area contributed by atoms with Gasteiger partial charge >= 0.3 is 17.9 Å². The third-order valence-electron chi connectivity index (χ3n) is 5.46. The molecule has 6 rings (SSSR count). The first-order valence-electron chi connectivity index (χ1n) is 10.7. The molecule has 0 bridgehead atoms. The molecular formula is C27H21N3O6Tb. The number of H-pyrrole nitrogens is 3. The van der Waals surface area contributed by atoms with Crippen molar-refractivity contribution in [3.8, 4) is 0 Å². The molecule has 0 saturated carbocycles. The van der Waals surface area contributed by atoms with E-state index in [-0.39, 0.29) is 38.6 Å². The fourth-order valence-corrected chi connectivity index (χ4v) is 3.75. The number of nitrogens with one attached hydrogen (secondary N) is 3. The molecule has 0 amide bonds. The van der Waals surface area contributed by atoms with Gasteiger partial charge in [-0.25, -0.2) is 14.4 Å². The molecule has 0 aliphatic carbocycles. The molecule has 6 aromatic rings. The van der Waals surface area contributed by atoms with Gasteiger partial charge in [0, 0.05) is 89.9 Å². The molecule has 3 heterocycles. The van der Waals surface area contributed by atoms with Crippen molar-refractivity contribution in [3.63, 3.8) is 0 Å². The van der Waals surface area contributed by atoms with Crippen molar-refractivity contribution >= 4 is 50.6 Å². The van der Waals surface area contributed by atoms with Crippen LogP contribution in [-0.2, 0) is 0 Å². The van der Waals surface area contributed by atoms with Crippen molar-refractivity contribution in [2.45, 2.75) is 0 Å². The van der Waals surface area contributed by atoms with Crippen molar-refractivity contribution in [1.82, 2.24) is 15.0 Å². The second-order valence-corrected chi connectivity index (χ2v) is 7.66. The first kappa shape index (κ1) is 27.6. The first-order chi connectivity index (χ1) is 17.4. The number of aromatic carboxylic acids is 3. The van der Waals surface area contributed by atoms with Gasteiger partial charge in [-0.15, -0.1) is 0 Å². The molecule has 3 aromatic carbocycles. The maximum Gasteiger partial charge on any atom is 0.337 e. The standard InChI is InChI=1S/3C9H7NO2.Tb/c3*11-9(12)7-5-10-8-4-2-1-3-6(7)8;/h3*1-5,10H,(H,11,12);. The van der Waals surface area contributed by atoms with Gasteiger partial charge in [0.1, 0.15) is 0 Å². The zero-order valence-corrected chi connectivity index (χ0v) is 21.2. The number of aromatic amines is 3. The summed E-state index contributed by atoms with van der Waals surface area (Å²) in [5, 5.41) is 28.5. The number of carboxylic acid groups (broad SMARTS) is 3. The predicted molar refractivity (Wildman–Crippen MR) is 136 cm³/mol. The van der Waals surface area contributed by atoms with E-state index in [4.69, 9.17) is 15.3 Å². The van der Waals surface area contributed by atoms with Crippen LogP contribution in [0.1, 0.15) is 31.1 Å². The van der Waals surface area contributed by atoms with Crippen LogP contribution >= 0.6 is 0 Å². The summed E-state index contributed by atoms with van der Waals surface area (Å²) in [6.45, 7) is 0. The van der Waals surface area contributed by atoms with Crippen LogP contribution in [-0.4, -0.2) is 48.2 Å². The van der Waals surface area contributed by atoms with Crippen molar-refractivity contribution in [1.29, 1.82) is 0 Å². The number of benzene rings is 3. The van der Waals surface area contributed by atoms with Gasteiger partial charge in [-0.2, -0.15) is 0 Å². The monoisotopic (exact) mass is 642 g/mol. The van der Waals surface area contributed by atoms with Crippen molar-refractivity contribution < 1.29 is 68.3 Å². The van der Waals surface area contributed by atoms with Gasteiger partial charge in [0.15, 0.2) is 0 Å². The third kappa shape index (κ3) is 6.22. The Hall–Kier alpha value is -4.02. The van der Waals surface area contributed by atoms with Crippen LogP contribution in [0.25, 0.3) is 32.7 Å². The Labute approximate surface area is 240 Å². The molecule has 0 unspecified atom stereocenters. The van der Waals surface area contributed by atoms with Crippen LogP contribution in [0.2, 0.25) is 0 Å². The summed E-state index contributed by atoms with van der Waals surface area (Å²) in [4.78, 5) is 40.6. The zero-order chi connectivity index (χ0) is 25.7. The SMILES string of the molecule is O=C(O)c1c[nH]c2ccccc12.O=C(O)c1c[nH]c2ccccc12.O=C(O)c1c[nH]c2ccccc12.[Tb]. The van der Waals surface area contributed by atoms with Gasteiger partial charge in [-0.05, 0) is 18.2 Å². The molecule has 0 aliphatic heterocycles. The molecule has 0 saturated heterocycles. The number of para-hydroxylation sites is 3. The summed E-state index contributed by atoms with van der Waals surface area (Å²) in [5.41, 5.74) is 3.54. The first-order valence-corrected chi connectivity index (χ1v) is 10.7. The largest absolute Gasteiger partial charge is 0.478 e. The predicted octanol–water partition coefficient (Wildman–Crippen LogP) is 5.60. The molecular weight excluding hydrogens is 621 g/mol. The second kappa shape index (κ2) is 12.3. The number of hydrogen-bond donors (Lipinski definition) is 6. The zero-order valence-electron chi connectivity index (χ0n) is 19.1. The summed E-state index contributed by atoms with van der Waals surface area (Å²) in [6.07, 6.45) is 4.52. The van der Waals surface area contributed by atoms with Crippen LogP contribution in [0.15, 0.2) is 91.4 Å². The minimum Gasteiger partial charge on any atom is -0.478 e. The molecule has 37 heavy (non-hydrogen) atoms. The van der Waals surface area contributed by atoms with Gasteiger partial charge in [0.2, 0.25) is 0 Å². The Balaban J connectivity index is 0.000000152. The Morgan fingerprint density at radius 1 is 0.459 bits per heavy atom. The van der Waals surface area contributed by atoms with Crippen LogP contribution < -0.4 is 0 Å². The molecule has 10 heteroatoms. The average molecular weight is 642 g/mol. The quantitative estimate of drug-likeness (QED) is 0.148. The van der Waals surface area contributed by atoms with Gasteiger partial charge in [0.25, 0.3) is 0 Å². The normalized spacial score (nSPS) is 10.1. The second-order valence-electron chi connectivity index (χ2n) is 7.66. The number of rotatable bonds is 3. The number of carboxylic acids is 3. The van der Waals surface area contributed by atoms with E-state index in [0.29, 0.717) is 16.7 Å². The topological polar surface area (TPSA) is 159 Å². The third-order valence-corrected chi connectivity index (χ3v) is 5.46. The van der Waals surface area contributed by atoms with E-state index in [1.807, 2.05) is 54.6 Å². The van der Waals surface area contributed by atoms with Crippen molar-refractivity contribution in [3.05, 3.63) is 108 Å². The smallest absolute Gasteiger partial charge is 0.337 e.